The van der Waals surface area contributed by atoms with Crippen LogP contribution in [0.25, 0.3) is 0 Å². The largest absolute Gasteiger partial charge is 0.505 e. The van der Waals surface area contributed by atoms with Crippen molar-refractivity contribution in [3.8, 4) is 5.75 Å². The van der Waals surface area contributed by atoms with Crippen molar-refractivity contribution in [2.24, 2.45) is 0 Å². The molecule has 0 spiro atoms. The van der Waals surface area contributed by atoms with Crippen LogP contribution in [-0.2, 0) is 11.0 Å². The first-order valence-corrected chi connectivity index (χ1v) is 5.63. The van der Waals surface area contributed by atoms with Crippen LogP contribution in [0.4, 0.5) is 0 Å². The van der Waals surface area contributed by atoms with E-state index in [0.717, 1.165) is 0 Å². The Bertz CT molecular complexity index is 411. The van der Waals surface area contributed by atoms with Gasteiger partial charge in [-0.3, -0.25) is 0 Å². The Morgan fingerprint density at radius 1 is 1.67 bits per heavy atom. The molecule has 1 unspecified atom stereocenters. The molecule has 3 nitrogen and oxygen atoms in total. The summed E-state index contributed by atoms with van der Waals surface area (Å²) >= 11 is 5.68. The lowest BCUT2D eigenvalue weighted by atomic mass is 9.96. The summed E-state index contributed by atoms with van der Waals surface area (Å²) in [5.74, 6) is -0.222. The molecule has 0 saturated carbocycles. The molecule has 0 aliphatic carbocycles. The molecule has 78 valence electrons. The van der Waals surface area contributed by atoms with E-state index >= 15 is 0 Å². The van der Waals surface area contributed by atoms with Gasteiger partial charge in [-0.1, -0.05) is 23.1 Å². The van der Waals surface area contributed by atoms with E-state index in [1.807, 2.05) is 0 Å². The van der Waals surface area contributed by atoms with E-state index in [1.54, 1.807) is 6.08 Å². The quantitative estimate of drug-likeness (QED) is 0.600. The number of aromatic hydroxyl groups is 1. The number of hydrogen-bond donors (Lipinski definition) is 2. The normalized spacial score (nSPS) is 12.3. The standard InChI is InChI=1S/C9H9BClNO2S/c1-2-3-12-15(14)8-5-6(10)4-7(11)9(8)13/h2,4-5,12-13H,1,3H2. The number of hydrogen-bond acceptors (Lipinski definition) is 2. The minimum absolute atomic E-state index is 0.0822. The summed E-state index contributed by atoms with van der Waals surface area (Å²) in [5.41, 5.74) is 0.349. The highest BCUT2D eigenvalue weighted by Gasteiger charge is 2.12. The Hall–Kier alpha value is -0.775. The van der Waals surface area contributed by atoms with Crippen LogP contribution in [0.3, 0.4) is 0 Å². The van der Waals surface area contributed by atoms with Crippen molar-refractivity contribution in [3.05, 3.63) is 29.8 Å². The van der Waals surface area contributed by atoms with Gasteiger partial charge in [0.25, 0.3) is 0 Å². The maximum atomic E-state index is 11.6. The lowest BCUT2D eigenvalue weighted by molar-refractivity contribution is 0.461. The molecule has 1 aromatic rings. The molecule has 15 heavy (non-hydrogen) atoms. The third-order valence-electron chi connectivity index (χ3n) is 1.61. The van der Waals surface area contributed by atoms with Crippen LogP contribution in [0.15, 0.2) is 29.7 Å². The number of nitrogens with one attached hydrogen (secondary N) is 1. The van der Waals surface area contributed by atoms with Crippen molar-refractivity contribution >= 4 is 35.9 Å². The van der Waals surface area contributed by atoms with Gasteiger partial charge < -0.3 is 5.11 Å². The number of phenolic OH excluding ortho intramolecular Hbond substituents is 1. The molecule has 0 fully saturated rings. The molecule has 0 bridgehead atoms. The summed E-state index contributed by atoms with van der Waals surface area (Å²) in [6.07, 6.45) is 1.56. The van der Waals surface area contributed by atoms with E-state index in [0.29, 0.717) is 12.0 Å². The molecule has 0 amide bonds. The Balaban J connectivity index is 3.02. The van der Waals surface area contributed by atoms with Crippen molar-refractivity contribution in [1.29, 1.82) is 0 Å². The highest BCUT2D eigenvalue weighted by molar-refractivity contribution is 7.83. The second-order valence-electron chi connectivity index (χ2n) is 2.76. The summed E-state index contributed by atoms with van der Waals surface area (Å²) < 4.78 is 14.2. The first-order valence-electron chi connectivity index (χ1n) is 4.10. The molecule has 1 atom stereocenters. The molecule has 2 radical (unpaired) electrons. The van der Waals surface area contributed by atoms with Gasteiger partial charge in [0, 0.05) is 6.54 Å². The zero-order valence-corrected chi connectivity index (χ0v) is 9.44. The first kappa shape index (κ1) is 12.3. The number of rotatable bonds is 4. The molecule has 1 aromatic carbocycles. The third-order valence-corrected chi connectivity index (χ3v) is 3.04. The van der Waals surface area contributed by atoms with Gasteiger partial charge in [0.05, 0.1) is 9.92 Å². The molecular weight excluding hydrogens is 232 g/mol. The Morgan fingerprint density at radius 3 is 2.93 bits per heavy atom. The van der Waals surface area contributed by atoms with Gasteiger partial charge in [0.2, 0.25) is 0 Å². The fourth-order valence-corrected chi connectivity index (χ4v) is 2.18. The molecule has 0 aliphatic rings. The molecule has 1 rings (SSSR count). The first-order chi connectivity index (χ1) is 7.06. The van der Waals surface area contributed by atoms with Gasteiger partial charge in [0.1, 0.15) is 18.8 Å². The maximum absolute atomic E-state index is 11.6. The van der Waals surface area contributed by atoms with Gasteiger partial charge >= 0.3 is 0 Å². The Morgan fingerprint density at radius 2 is 2.33 bits per heavy atom. The maximum Gasteiger partial charge on any atom is 0.151 e. The highest BCUT2D eigenvalue weighted by atomic mass is 35.5. The summed E-state index contributed by atoms with van der Waals surface area (Å²) in [5, 5.41) is 9.63. The van der Waals surface area contributed by atoms with Crippen molar-refractivity contribution in [3.63, 3.8) is 0 Å². The van der Waals surface area contributed by atoms with Gasteiger partial charge in [-0.25, -0.2) is 8.93 Å². The predicted octanol–water partition coefficient (Wildman–Crippen LogP) is 0.638. The third kappa shape index (κ3) is 3.09. The van der Waals surface area contributed by atoms with E-state index in [9.17, 15) is 9.32 Å². The second kappa shape index (κ2) is 5.35. The minimum Gasteiger partial charge on any atom is -0.505 e. The van der Waals surface area contributed by atoms with Crippen LogP contribution in [0.2, 0.25) is 5.02 Å². The van der Waals surface area contributed by atoms with E-state index in [-0.39, 0.29) is 15.7 Å². The van der Waals surface area contributed by atoms with Gasteiger partial charge in [-0.15, -0.1) is 6.58 Å². The van der Waals surface area contributed by atoms with Crippen LogP contribution in [0.1, 0.15) is 0 Å². The second-order valence-corrected chi connectivity index (χ2v) is 4.43. The summed E-state index contributed by atoms with van der Waals surface area (Å²) in [7, 11) is 3.97. The van der Waals surface area contributed by atoms with E-state index < -0.39 is 11.0 Å². The fourth-order valence-electron chi connectivity index (χ4n) is 0.947. The average molecular weight is 242 g/mol. The lowest BCUT2D eigenvalue weighted by Crippen LogP contribution is -2.18. The van der Waals surface area contributed by atoms with Crippen molar-refractivity contribution in [2.45, 2.75) is 4.90 Å². The zero-order chi connectivity index (χ0) is 11.4. The number of benzene rings is 1. The van der Waals surface area contributed by atoms with Gasteiger partial charge in [-0.2, -0.15) is 0 Å². The molecule has 0 saturated heterocycles. The molecule has 6 heteroatoms. The van der Waals surface area contributed by atoms with Gasteiger partial charge in [0.15, 0.2) is 5.75 Å². The Kier molecular flexibility index (Phi) is 4.38. The smallest absolute Gasteiger partial charge is 0.151 e. The predicted molar refractivity (Wildman–Crippen MR) is 63.1 cm³/mol. The topological polar surface area (TPSA) is 49.3 Å². The average Bonchev–Trinajstić information content (AvgIpc) is 2.19. The lowest BCUT2D eigenvalue weighted by Gasteiger charge is -2.07. The molecule has 0 aromatic heterocycles. The summed E-state index contributed by atoms with van der Waals surface area (Å²) in [4.78, 5) is 0.168. The van der Waals surface area contributed by atoms with Crippen LogP contribution in [0, 0.1) is 0 Å². The van der Waals surface area contributed by atoms with Crippen molar-refractivity contribution < 1.29 is 9.32 Å². The molecule has 0 aliphatic heterocycles. The minimum atomic E-state index is -1.55. The Labute approximate surface area is 97.1 Å². The van der Waals surface area contributed by atoms with E-state index in [4.69, 9.17) is 19.4 Å². The SMILES string of the molecule is [B]c1cc(Cl)c(O)c(S(=O)NCC=C)c1. The van der Waals surface area contributed by atoms with Gasteiger partial charge in [-0.05, 0) is 12.1 Å². The van der Waals surface area contributed by atoms with Crippen LogP contribution in [0.5, 0.6) is 5.75 Å². The monoisotopic (exact) mass is 241 g/mol. The molecular formula is C9H9BClNO2S. The summed E-state index contributed by atoms with van der Waals surface area (Å²) in [6, 6.07) is 2.80. The summed E-state index contributed by atoms with van der Waals surface area (Å²) in [6.45, 7) is 3.83. The fraction of sp³-hybridized carbons (Fsp3) is 0.111. The molecule has 0 heterocycles. The van der Waals surface area contributed by atoms with Crippen LogP contribution < -0.4 is 10.2 Å². The highest BCUT2D eigenvalue weighted by Crippen LogP contribution is 2.27. The number of halogens is 1. The van der Waals surface area contributed by atoms with Crippen molar-refractivity contribution in [2.75, 3.05) is 6.54 Å². The molecule has 2 N–H and O–H groups in total. The van der Waals surface area contributed by atoms with Crippen LogP contribution in [-0.4, -0.2) is 23.7 Å². The van der Waals surface area contributed by atoms with E-state index in [2.05, 4.69) is 11.3 Å². The number of phenols is 1. The van der Waals surface area contributed by atoms with Crippen LogP contribution >= 0.6 is 11.6 Å². The van der Waals surface area contributed by atoms with E-state index in [1.165, 1.54) is 12.1 Å². The van der Waals surface area contributed by atoms with Crippen molar-refractivity contribution in [1.82, 2.24) is 4.72 Å². The zero-order valence-electron chi connectivity index (χ0n) is 7.87.